The van der Waals surface area contributed by atoms with Crippen LogP contribution < -0.4 is 0 Å². The number of benzene rings is 1. The van der Waals surface area contributed by atoms with E-state index in [0.29, 0.717) is 0 Å². The molecule has 2 aliphatic heterocycles. The van der Waals surface area contributed by atoms with Crippen molar-refractivity contribution in [3.8, 4) is 0 Å². The summed E-state index contributed by atoms with van der Waals surface area (Å²) in [6.07, 6.45) is 4.09. The molecule has 138 valence electrons. The van der Waals surface area contributed by atoms with E-state index in [-0.39, 0.29) is 17.4 Å². The number of likely N-dealkylation sites (tertiary alicyclic amines) is 2. The minimum atomic E-state index is 0.0263. The third kappa shape index (κ3) is 3.19. The number of amides is 1. The second kappa shape index (κ2) is 7.12. The van der Waals surface area contributed by atoms with Crippen LogP contribution in [0.1, 0.15) is 48.4 Å². The summed E-state index contributed by atoms with van der Waals surface area (Å²) in [5, 5.41) is 3.42. The van der Waals surface area contributed by atoms with Crippen LogP contribution in [0.25, 0.3) is 0 Å². The van der Waals surface area contributed by atoms with E-state index in [0.717, 1.165) is 45.3 Å². The number of thiazole rings is 1. The number of carbonyl (C=O) groups excluding carboxylic acids is 1. The quantitative estimate of drug-likeness (QED) is 0.825. The molecule has 2 aliphatic rings. The average Bonchev–Trinajstić information content (AvgIpc) is 3.23. The van der Waals surface area contributed by atoms with Gasteiger partial charge in [0, 0.05) is 37.6 Å². The summed E-state index contributed by atoms with van der Waals surface area (Å²) in [6, 6.07) is 10.3. The van der Waals surface area contributed by atoms with E-state index in [1.807, 2.05) is 25.2 Å². The summed E-state index contributed by atoms with van der Waals surface area (Å²) >= 11 is 1.76. The smallest absolute Gasteiger partial charge is 0.230 e. The molecule has 3 heterocycles. The standard InChI is InChI=1S/C21H27N3OS/c1-3-19-22-17(15-26-19)14-24-11-9-21(10-12-24)13-18(20(25)23(21)2)16-7-5-4-6-8-16/h4-8,15,18H,3,9-14H2,1-2H3/t18-/m1/s1. The van der Waals surface area contributed by atoms with Crippen LogP contribution in [0.5, 0.6) is 0 Å². The molecular weight excluding hydrogens is 342 g/mol. The molecule has 0 aliphatic carbocycles. The van der Waals surface area contributed by atoms with Crippen LogP contribution in [0.3, 0.4) is 0 Å². The maximum atomic E-state index is 12.9. The predicted octanol–water partition coefficient (Wildman–Crippen LogP) is 3.69. The predicted molar refractivity (Wildman–Crippen MR) is 105 cm³/mol. The van der Waals surface area contributed by atoms with Crippen LogP contribution in [-0.2, 0) is 17.8 Å². The second-order valence-corrected chi connectivity index (χ2v) is 8.59. The lowest BCUT2D eigenvalue weighted by Crippen LogP contribution is -2.51. The van der Waals surface area contributed by atoms with Gasteiger partial charge in [0.2, 0.25) is 5.91 Å². The van der Waals surface area contributed by atoms with Crippen molar-refractivity contribution in [3.63, 3.8) is 0 Å². The first-order valence-corrected chi connectivity index (χ1v) is 10.5. The molecule has 2 fully saturated rings. The zero-order chi connectivity index (χ0) is 18.1. The fraction of sp³-hybridized carbons (Fsp3) is 0.524. The second-order valence-electron chi connectivity index (χ2n) is 7.65. The number of nitrogens with zero attached hydrogens (tertiary/aromatic N) is 3. The van der Waals surface area contributed by atoms with Gasteiger partial charge in [-0.1, -0.05) is 37.3 Å². The van der Waals surface area contributed by atoms with E-state index in [2.05, 4.69) is 34.2 Å². The lowest BCUT2D eigenvalue weighted by molar-refractivity contribution is -0.131. The number of aryl methyl sites for hydroxylation is 1. The van der Waals surface area contributed by atoms with Crippen molar-refractivity contribution in [2.24, 2.45) is 0 Å². The Hall–Kier alpha value is -1.72. The molecule has 4 nitrogen and oxygen atoms in total. The first kappa shape index (κ1) is 17.7. The third-order valence-electron chi connectivity index (χ3n) is 6.20. The summed E-state index contributed by atoms with van der Waals surface area (Å²) in [5.41, 5.74) is 2.39. The van der Waals surface area contributed by atoms with Gasteiger partial charge < -0.3 is 4.90 Å². The first-order chi connectivity index (χ1) is 12.6. The summed E-state index contributed by atoms with van der Waals surface area (Å²) in [6.45, 7) is 5.17. The molecule has 1 aromatic heterocycles. The number of rotatable bonds is 4. The molecule has 1 spiro atoms. The summed E-state index contributed by atoms with van der Waals surface area (Å²) < 4.78 is 0. The van der Waals surface area contributed by atoms with Crippen molar-refractivity contribution in [2.45, 2.75) is 50.6 Å². The van der Waals surface area contributed by atoms with E-state index in [9.17, 15) is 4.79 Å². The van der Waals surface area contributed by atoms with Gasteiger partial charge in [-0.3, -0.25) is 9.69 Å². The summed E-state index contributed by atoms with van der Waals surface area (Å²) in [7, 11) is 2.01. The van der Waals surface area contributed by atoms with Gasteiger partial charge in [-0.25, -0.2) is 4.98 Å². The van der Waals surface area contributed by atoms with Gasteiger partial charge in [-0.15, -0.1) is 11.3 Å². The summed E-state index contributed by atoms with van der Waals surface area (Å²) in [5.74, 6) is 0.315. The van der Waals surface area contributed by atoms with Crippen molar-refractivity contribution in [2.75, 3.05) is 20.1 Å². The topological polar surface area (TPSA) is 36.4 Å². The van der Waals surface area contributed by atoms with Gasteiger partial charge >= 0.3 is 0 Å². The van der Waals surface area contributed by atoms with Gasteiger partial charge in [0.05, 0.1) is 16.6 Å². The number of piperidine rings is 1. The van der Waals surface area contributed by atoms with Crippen LogP contribution in [0, 0.1) is 0 Å². The molecule has 0 N–H and O–H groups in total. The van der Waals surface area contributed by atoms with E-state index in [1.165, 1.54) is 16.3 Å². The monoisotopic (exact) mass is 369 g/mol. The van der Waals surface area contributed by atoms with Gasteiger partial charge in [0.1, 0.15) is 0 Å². The van der Waals surface area contributed by atoms with Crippen LogP contribution in [-0.4, -0.2) is 46.4 Å². The Kier molecular flexibility index (Phi) is 4.84. The molecule has 1 amide bonds. The average molecular weight is 370 g/mol. The lowest BCUT2D eigenvalue weighted by atomic mass is 9.81. The fourth-order valence-corrected chi connectivity index (χ4v) is 5.23. The normalized spacial score (nSPS) is 23.1. The highest BCUT2D eigenvalue weighted by molar-refractivity contribution is 7.09. The van der Waals surface area contributed by atoms with Crippen LogP contribution >= 0.6 is 11.3 Å². The Balaban J connectivity index is 1.42. The Labute approximate surface area is 159 Å². The highest BCUT2D eigenvalue weighted by Crippen LogP contribution is 2.44. The Morgan fingerprint density at radius 3 is 2.62 bits per heavy atom. The van der Waals surface area contributed by atoms with Gasteiger partial charge in [-0.05, 0) is 31.2 Å². The minimum Gasteiger partial charge on any atom is -0.339 e. The highest BCUT2D eigenvalue weighted by Gasteiger charge is 2.50. The number of aromatic nitrogens is 1. The van der Waals surface area contributed by atoms with Crippen molar-refractivity contribution >= 4 is 17.2 Å². The van der Waals surface area contributed by atoms with Crippen LogP contribution in [0.15, 0.2) is 35.7 Å². The van der Waals surface area contributed by atoms with E-state index in [1.54, 1.807) is 11.3 Å². The van der Waals surface area contributed by atoms with E-state index >= 15 is 0 Å². The fourth-order valence-electron chi connectivity index (χ4n) is 4.50. The van der Waals surface area contributed by atoms with Gasteiger partial charge in [-0.2, -0.15) is 0 Å². The number of hydrogen-bond acceptors (Lipinski definition) is 4. The van der Waals surface area contributed by atoms with Crippen molar-refractivity contribution in [1.29, 1.82) is 0 Å². The molecule has 0 radical (unpaired) electrons. The van der Waals surface area contributed by atoms with Crippen LogP contribution in [0.2, 0.25) is 0 Å². The van der Waals surface area contributed by atoms with E-state index < -0.39 is 0 Å². The largest absolute Gasteiger partial charge is 0.339 e. The highest BCUT2D eigenvalue weighted by atomic mass is 32.1. The molecule has 1 atom stereocenters. The van der Waals surface area contributed by atoms with Gasteiger partial charge in [0.15, 0.2) is 0 Å². The Bertz CT molecular complexity index is 765. The Morgan fingerprint density at radius 1 is 1.23 bits per heavy atom. The zero-order valence-corrected chi connectivity index (χ0v) is 16.5. The SMILES string of the molecule is CCc1nc(CN2CCC3(CC2)C[C@H](c2ccccc2)C(=O)N3C)cs1. The first-order valence-electron chi connectivity index (χ1n) is 9.59. The van der Waals surface area contributed by atoms with E-state index in [4.69, 9.17) is 4.98 Å². The minimum absolute atomic E-state index is 0.0263. The molecule has 0 bridgehead atoms. The molecule has 4 rings (SSSR count). The van der Waals surface area contributed by atoms with Crippen molar-refractivity contribution < 1.29 is 4.79 Å². The summed E-state index contributed by atoms with van der Waals surface area (Å²) in [4.78, 5) is 22.1. The molecule has 1 aromatic carbocycles. The maximum absolute atomic E-state index is 12.9. The van der Waals surface area contributed by atoms with Gasteiger partial charge in [0.25, 0.3) is 0 Å². The third-order valence-corrected chi connectivity index (χ3v) is 7.24. The van der Waals surface area contributed by atoms with Crippen LogP contribution in [0.4, 0.5) is 0 Å². The molecule has 0 saturated carbocycles. The molecule has 26 heavy (non-hydrogen) atoms. The number of carbonyl (C=O) groups is 1. The maximum Gasteiger partial charge on any atom is 0.230 e. The number of likely N-dealkylation sites (N-methyl/N-ethyl adjacent to an activating group) is 1. The molecular formula is C21H27N3OS. The van der Waals surface area contributed by atoms with Crippen molar-refractivity contribution in [3.05, 3.63) is 52.0 Å². The molecule has 0 unspecified atom stereocenters. The van der Waals surface area contributed by atoms with Crippen molar-refractivity contribution in [1.82, 2.24) is 14.8 Å². The Morgan fingerprint density at radius 2 is 1.96 bits per heavy atom. The molecule has 5 heteroatoms. The number of hydrogen-bond donors (Lipinski definition) is 0. The zero-order valence-electron chi connectivity index (χ0n) is 15.6. The molecule has 2 saturated heterocycles. The lowest BCUT2D eigenvalue weighted by Gasteiger charge is -2.43. The molecule has 2 aromatic rings.